The van der Waals surface area contributed by atoms with Crippen LogP contribution in [0.3, 0.4) is 0 Å². The number of imidazole rings is 1. The molecule has 0 radical (unpaired) electrons. The smallest absolute Gasteiger partial charge is 0.252 e. The van der Waals surface area contributed by atoms with Crippen molar-refractivity contribution in [3.63, 3.8) is 0 Å². The molecule has 0 aliphatic rings. The van der Waals surface area contributed by atoms with Crippen LogP contribution >= 0.6 is 0 Å². The Balaban J connectivity index is 1.76. The highest BCUT2D eigenvalue weighted by molar-refractivity contribution is 5.95. The highest BCUT2D eigenvalue weighted by atomic mass is 16.2. The predicted octanol–water partition coefficient (Wildman–Crippen LogP) is 3.16. The van der Waals surface area contributed by atoms with E-state index >= 15 is 0 Å². The fraction of sp³-hybridized carbons (Fsp3) is 0.364. The number of amides is 2. The molecule has 0 aromatic carbocycles. The largest absolute Gasteiger partial charge is 0.352 e. The fourth-order valence-electron chi connectivity index (χ4n) is 3.25. The van der Waals surface area contributed by atoms with Crippen molar-refractivity contribution in [2.45, 2.75) is 39.5 Å². The third-order valence-electron chi connectivity index (χ3n) is 4.85. The maximum absolute atomic E-state index is 12.6. The fourth-order valence-corrected chi connectivity index (χ4v) is 3.25. The second-order valence-corrected chi connectivity index (χ2v) is 7.05. The second-order valence-electron chi connectivity index (χ2n) is 7.05. The molecule has 0 saturated heterocycles. The molecule has 2 amide bonds. The summed E-state index contributed by atoms with van der Waals surface area (Å²) >= 11 is 0. The Kier molecular flexibility index (Phi) is 6.59. The van der Waals surface area contributed by atoms with Gasteiger partial charge in [0, 0.05) is 44.5 Å². The first-order valence-electron chi connectivity index (χ1n) is 9.94. The number of anilines is 1. The Morgan fingerprint density at radius 1 is 1.21 bits per heavy atom. The molecule has 152 valence electrons. The lowest BCUT2D eigenvalue weighted by Crippen LogP contribution is -2.28. The van der Waals surface area contributed by atoms with E-state index in [0.29, 0.717) is 36.4 Å². The average Bonchev–Trinajstić information content (AvgIpc) is 3.06. The van der Waals surface area contributed by atoms with Gasteiger partial charge in [0.2, 0.25) is 5.91 Å². The van der Waals surface area contributed by atoms with Crippen LogP contribution in [0, 0.1) is 6.92 Å². The molecule has 1 N–H and O–H groups in total. The van der Waals surface area contributed by atoms with Crippen LogP contribution in [0.2, 0.25) is 0 Å². The molecule has 29 heavy (non-hydrogen) atoms. The van der Waals surface area contributed by atoms with E-state index in [0.717, 1.165) is 24.2 Å². The van der Waals surface area contributed by atoms with E-state index in [1.165, 1.54) is 0 Å². The van der Waals surface area contributed by atoms with E-state index in [4.69, 9.17) is 0 Å². The monoisotopic (exact) mass is 393 g/mol. The van der Waals surface area contributed by atoms with Gasteiger partial charge in [-0.25, -0.2) is 4.98 Å². The third-order valence-corrected chi connectivity index (χ3v) is 4.85. The number of aromatic nitrogens is 3. The van der Waals surface area contributed by atoms with Crippen LogP contribution in [0.4, 0.5) is 5.82 Å². The minimum atomic E-state index is -0.167. The average molecular weight is 393 g/mol. The van der Waals surface area contributed by atoms with Crippen LogP contribution in [0.5, 0.6) is 0 Å². The van der Waals surface area contributed by atoms with Gasteiger partial charge in [-0.15, -0.1) is 0 Å². The van der Waals surface area contributed by atoms with Crippen molar-refractivity contribution >= 4 is 23.3 Å². The summed E-state index contributed by atoms with van der Waals surface area (Å²) in [6.07, 6.45) is 6.46. The summed E-state index contributed by atoms with van der Waals surface area (Å²) in [7, 11) is 1.76. The van der Waals surface area contributed by atoms with Gasteiger partial charge in [0.05, 0.1) is 11.3 Å². The number of hydrogen-bond acceptors (Lipinski definition) is 4. The Bertz CT molecular complexity index is 997. The van der Waals surface area contributed by atoms with Gasteiger partial charge >= 0.3 is 0 Å². The maximum Gasteiger partial charge on any atom is 0.252 e. The first-order valence-corrected chi connectivity index (χ1v) is 9.94. The molecule has 0 fully saturated rings. The van der Waals surface area contributed by atoms with Gasteiger partial charge in [0.15, 0.2) is 0 Å². The van der Waals surface area contributed by atoms with Crippen molar-refractivity contribution in [2.75, 3.05) is 18.5 Å². The normalized spacial score (nSPS) is 10.9. The molecular weight excluding hydrogens is 366 g/mol. The number of nitrogens with zero attached hydrogens (tertiary/aromatic N) is 4. The minimum absolute atomic E-state index is 0.0435. The molecule has 0 atom stereocenters. The van der Waals surface area contributed by atoms with Crippen LogP contribution in [0.15, 0.2) is 42.7 Å². The lowest BCUT2D eigenvalue weighted by atomic mass is 10.2. The van der Waals surface area contributed by atoms with Crippen LogP contribution in [-0.2, 0) is 11.2 Å². The van der Waals surface area contributed by atoms with Gasteiger partial charge in [0.25, 0.3) is 5.91 Å². The Morgan fingerprint density at radius 2 is 2.03 bits per heavy atom. The lowest BCUT2D eigenvalue weighted by Gasteiger charge is -2.18. The van der Waals surface area contributed by atoms with Gasteiger partial charge in [-0.3, -0.25) is 23.9 Å². The molecule has 7 heteroatoms. The molecule has 3 heterocycles. The summed E-state index contributed by atoms with van der Waals surface area (Å²) in [5.74, 6) is 0.575. The summed E-state index contributed by atoms with van der Waals surface area (Å²) < 4.78 is 1.81. The minimum Gasteiger partial charge on any atom is -0.352 e. The molecule has 0 aliphatic heterocycles. The standard InChI is InChI=1S/C22H27N5O2/c1-4-5-9-20(28)26(3)22-16(2)25-19-11-10-17(15-27(19)22)21(29)24-14-12-18-8-6-7-13-23-18/h6-8,10-11,13,15H,4-5,9,12,14H2,1-3H3,(H,24,29). The van der Waals surface area contributed by atoms with Crippen LogP contribution in [-0.4, -0.2) is 39.8 Å². The number of carbonyl (C=O) groups excluding carboxylic acids is 2. The van der Waals surface area contributed by atoms with Gasteiger partial charge in [-0.05, 0) is 37.6 Å². The van der Waals surface area contributed by atoms with Crippen molar-refractivity contribution in [1.29, 1.82) is 0 Å². The summed E-state index contributed by atoms with van der Waals surface area (Å²) in [5, 5.41) is 2.93. The SMILES string of the molecule is CCCCC(=O)N(C)c1c(C)nc2ccc(C(=O)NCCc3ccccn3)cn12. The first kappa shape index (κ1) is 20.5. The van der Waals surface area contributed by atoms with Gasteiger partial charge < -0.3 is 5.32 Å². The van der Waals surface area contributed by atoms with Gasteiger partial charge in [-0.2, -0.15) is 0 Å². The topological polar surface area (TPSA) is 79.6 Å². The summed E-state index contributed by atoms with van der Waals surface area (Å²) in [5.41, 5.74) is 2.91. The number of pyridine rings is 2. The number of carbonyl (C=O) groups is 2. The number of hydrogen-bond donors (Lipinski definition) is 1. The second kappa shape index (κ2) is 9.32. The van der Waals surface area contributed by atoms with Crippen molar-refractivity contribution in [2.24, 2.45) is 0 Å². The molecule has 3 aromatic rings. The van der Waals surface area contributed by atoms with Gasteiger partial charge in [-0.1, -0.05) is 19.4 Å². The molecule has 3 rings (SSSR count). The van der Waals surface area contributed by atoms with Crippen molar-refractivity contribution in [3.8, 4) is 0 Å². The van der Waals surface area contributed by atoms with E-state index < -0.39 is 0 Å². The van der Waals surface area contributed by atoms with E-state index in [1.807, 2.05) is 29.5 Å². The lowest BCUT2D eigenvalue weighted by molar-refractivity contribution is -0.118. The zero-order valence-electron chi connectivity index (χ0n) is 17.2. The summed E-state index contributed by atoms with van der Waals surface area (Å²) in [4.78, 5) is 35.5. The Hall–Kier alpha value is -3.22. The third kappa shape index (κ3) is 4.80. The molecule has 0 unspecified atom stereocenters. The Labute approximate surface area is 170 Å². The number of nitrogens with one attached hydrogen (secondary N) is 1. The van der Waals surface area contributed by atoms with Crippen molar-refractivity contribution in [3.05, 3.63) is 59.7 Å². The van der Waals surface area contributed by atoms with Crippen molar-refractivity contribution < 1.29 is 9.59 Å². The number of fused-ring (bicyclic) bond motifs is 1. The first-order chi connectivity index (χ1) is 14.0. The summed E-state index contributed by atoms with van der Waals surface area (Å²) in [6.45, 7) is 4.43. The van der Waals surface area contributed by atoms with Crippen LogP contribution < -0.4 is 10.2 Å². The number of rotatable bonds is 8. The molecular formula is C22H27N5O2. The zero-order chi connectivity index (χ0) is 20.8. The zero-order valence-corrected chi connectivity index (χ0v) is 17.2. The van der Waals surface area contributed by atoms with E-state index in [1.54, 1.807) is 36.5 Å². The van der Waals surface area contributed by atoms with Gasteiger partial charge in [0.1, 0.15) is 11.5 Å². The highest BCUT2D eigenvalue weighted by Gasteiger charge is 2.19. The van der Waals surface area contributed by atoms with E-state index in [2.05, 4.69) is 22.2 Å². The van der Waals surface area contributed by atoms with E-state index in [9.17, 15) is 9.59 Å². The summed E-state index contributed by atoms with van der Waals surface area (Å²) in [6, 6.07) is 9.28. The molecule has 3 aromatic heterocycles. The predicted molar refractivity (Wildman–Crippen MR) is 113 cm³/mol. The quantitative estimate of drug-likeness (QED) is 0.638. The number of aryl methyl sites for hydroxylation is 1. The molecule has 0 saturated carbocycles. The maximum atomic E-state index is 12.6. The molecule has 0 aliphatic carbocycles. The van der Waals surface area contributed by atoms with Crippen LogP contribution in [0.25, 0.3) is 5.65 Å². The van der Waals surface area contributed by atoms with E-state index in [-0.39, 0.29) is 11.8 Å². The number of unbranched alkanes of at least 4 members (excludes halogenated alkanes) is 1. The van der Waals surface area contributed by atoms with Crippen LogP contribution in [0.1, 0.15) is 47.9 Å². The van der Waals surface area contributed by atoms with Crippen molar-refractivity contribution in [1.82, 2.24) is 19.7 Å². The molecule has 7 nitrogen and oxygen atoms in total. The highest BCUT2D eigenvalue weighted by Crippen LogP contribution is 2.22. The molecule has 0 spiro atoms. The molecule has 0 bridgehead atoms. The Morgan fingerprint density at radius 3 is 2.76 bits per heavy atom.